The molecule has 0 heterocycles. The minimum absolute atomic E-state index is 0.0536. The van der Waals surface area contributed by atoms with Gasteiger partial charge in [0.2, 0.25) is 0 Å². The molecule has 0 saturated carbocycles. The summed E-state index contributed by atoms with van der Waals surface area (Å²) >= 11 is 0. The molecule has 0 aliphatic heterocycles. The summed E-state index contributed by atoms with van der Waals surface area (Å²) in [5.41, 5.74) is 0.102. The van der Waals surface area contributed by atoms with Crippen molar-refractivity contribution in [2.24, 2.45) is 0 Å². The molecule has 3 nitrogen and oxygen atoms in total. The maximum atomic E-state index is 13.6. The number of para-hydroxylation sites is 1. The van der Waals surface area contributed by atoms with E-state index in [1.165, 1.54) is 37.3 Å². The number of carbonyl (C=O) groups is 2. The van der Waals surface area contributed by atoms with Crippen molar-refractivity contribution in [1.29, 1.82) is 0 Å². The highest BCUT2D eigenvalue weighted by Gasteiger charge is 2.18. The standard InChI is InChI=1S/C15H11FO3/c1-10(17)19-14-9-5-3-7-12(14)15(18)11-6-2-4-8-13(11)16/h2-9H,1H3. The molecule has 0 aromatic heterocycles. The lowest BCUT2D eigenvalue weighted by atomic mass is 10.0. The van der Waals surface area contributed by atoms with Gasteiger partial charge in [-0.1, -0.05) is 24.3 Å². The van der Waals surface area contributed by atoms with Crippen LogP contribution in [0.5, 0.6) is 5.75 Å². The molecule has 0 N–H and O–H groups in total. The lowest BCUT2D eigenvalue weighted by Crippen LogP contribution is -2.09. The molecule has 2 aromatic carbocycles. The summed E-state index contributed by atoms with van der Waals surface area (Å²) in [6.07, 6.45) is 0. The lowest BCUT2D eigenvalue weighted by molar-refractivity contribution is -0.131. The molecular weight excluding hydrogens is 247 g/mol. The molecule has 0 aliphatic carbocycles. The van der Waals surface area contributed by atoms with E-state index in [4.69, 9.17) is 4.74 Å². The van der Waals surface area contributed by atoms with Crippen LogP contribution in [0.4, 0.5) is 4.39 Å². The zero-order chi connectivity index (χ0) is 13.8. The summed E-state index contributed by atoms with van der Waals surface area (Å²) in [4.78, 5) is 23.2. The third-order valence-electron chi connectivity index (χ3n) is 2.50. The molecular formula is C15H11FO3. The third kappa shape index (κ3) is 2.85. The highest BCUT2D eigenvalue weighted by molar-refractivity contribution is 6.11. The van der Waals surface area contributed by atoms with E-state index in [1.807, 2.05) is 0 Å². The normalized spacial score (nSPS) is 10.0. The first-order valence-electron chi connectivity index (χ1n) is 5.66. The van der Waals surface area contributed by atoms with E-state index < -0.39 is 17.6 Å². The molecule has 0 bridgehead atoms. The van der Waals surface area contributed by atoms with E-state index in [0.29, 0.717) is 0 Å². The van der Waals surface area contributed by atoms with E-state index in [-0.39, 0.29) is 16.9 Å². The third-order valence-corrected chi connectivity index (χ3v) is 2.50. The van der Waals surface area contributed by atoms with Crippen molar-refractivity contribution in [2.45, 2.75) is 6.92 Å². The van der Waals surface area contributed by atoms with Gasteiger partial charge in [-0.15, -0.1) is 0 Å². The Bertz CT molecular complexity index is 635. The molecule has 0 radical (unpaired) electrons. The summed E-state index contributed by atoms with van der Waals surface area (Å²) in [5.74, 6) is -1.53. The van der Waals surface area contributed by atoms with E-state index in [2.05, 4.69) is 0 Å². The average molecular weight is 258 g/mol. The zero-order valence-corrected chi connectivity index (χ0v) is 10.2. The topological polar surface area (TPSA) is 43.4 Å². The van der Waals surface area contributed by atoms with Crippen LogP contribution >= 0.6 is 0 Å². The number of ether oxygens (including phenoxy) is 1. The fraction of sp³-hybridized carbons (Fsp3) is 0.0667. The van der Waals surface area contributed by atoms with Gasteiger partial charge in [0.05, 0.1) is 11.1 Å². The Morgan fingerprint density at radius 3 is 2.16 bits per heavy atom. The van der Waals surface area contributed by atoms with Gasteiger partial charge in [0.1, 0.15) is 11.6 Å². The van der Waals surface area contributed by atoms with E-state index in [1.54, 1.807) is 18.2 Å². The molecule has 19 heavy (non-hydrogen) atoms. The Labute approximate surface area is 109 Å². The molecule has 0 unspecified atom stereocenters. The second-order valence-electron chi connectivity index (χ2n) is 3.90. The van der Waals surface area contributed by atoms with Crippen molar-refractivity contribution >= 4 is 11.8 Å². The minimum atomic E-state index is -0.606. The minimum Gasteiger partial charge on any atom is -0.426 e. The number of hydrogen-bond acceptors (Lipinski definition) is 3. The SMILES string of the molecule is CC(=O)Oc1ccccc1C(=O)c1ccccc1F. The van der Waals surface area contributed by atoms with Crippen molar-refractivity contribution in [1.82, 2.24) is 0 Å². The molecule has 4 heteroatoms. The smallest absolute Gasteiger partial charge is 0.308 e. The van der Waals surface area contributed by atoms with Gasteiger partial charge in [-0.05, 0) is 24.3 Å². The monoisotopic (exact) mass is 258 g/mol. The van der Waals surface area contributed by atoms with Crippen LogP contribution in [0.3, 0.4) is 0 Å². The molecule has 0 fully saturated rings. The maximum absolute atomic E-state index is 13.6. The number of hydrogen-bond donors (Lipinski definition) is 0. The van der Waals surface area contributed by atoms with Crippen LogP contribution in [-0.4, -0.2) is 11.8 Å². The Morgan fingerprint density at radius 1 is 0.947 bits per heavy atom. The molecule has 0 spiro atoms. The Kier molecular flexibility index (Phi) is 3.71. The number of rotatable bonds is 3. The summed E-state index contributed by atoms with van der Waals surface area (Å²) in [6, 6.07) is 11.9. The van der Waals surface area contributed by atoms with E-state index >= 15 is 0 Å². The molecule has 2 aromatic rings. The van der Waals surface area contributed by atoms with Crippen molar-refractivity contribution in [2.75, 3.05) is 0 Å². The van der Waals surface area contributed by atoms with Gasteiger partial charge in [0.15, 0.2) is 5.78 Å². The summed E-state index contributed by atoms with van der Waals surface area (Å²) in [5, 5.41) is 0. The van der Waals surface area contributed by atoms with Crippen molar-refractivity contribution in [3.63, 3.8) is 0 Å². The Hall–Kier alpha value is -2.49. The van der Waals surface area contributed by atoms with Crippen molar-refractivity contribution in [3.05, 3.63) is 65.5 Å². The van der Waals surface area contributed by atoms with Crippen LogP contribution in [-0.2, 0) is 4.79 Å². The molecule has 0 aliphatic rings. The zero-order valence-electron chi connectivity index (χ0n) is 10.2. The number of benzene rings is 2. The lowest BCUT2D eigenvalue weighted by Gasteiger charge is -2.08. The highest BCUT2D eigenvalue weighted by atomic mass is 19.1. The van der Waals surface area contributed by atoms with Crippen LogP contribution in [0, 0.1) is 5.82 Å². The van der Waals surface area contributed by atoms with Crippen LogP contribution in [0.15, 0.2) is 48.5 Å². The predicted molar refractivity (Wildman–Crippen MR) is 67.6 cm³/mol. The van der Waals surface area contributed by atoms with Gasteiger partial charge in [0, 0.05) is 6.92 Å². The van der Waals surface area contributed by atoms with Crippen molar-refractivity contribution < 1.29 is 18.7 Å². The van der Waals surface area contributed by atoms with Gasteiger partial charge >= 0.3 is 5.97 Å². The highest BCUT2D eigenvalue weighted by Crippen LogP contribution is 2.22. The first-order chi connectivity index (χ1) is 9.09. The maximum Gasteiger partial charge on any atom is 0.308 e. The number of halogens is 1. The molecule has 0 amide bonds. The fourth-order valence-corrected chi connectivity index (χ4v) is 1.69. The quantitative estimate of drug-likeness (QED) is 0.483. The van der Waals surface area contributed by atoms with Crippen LogP contribution in [0.25, 0.3) is 0 Å². The Balaban J connectivity index is 2.45. The second kappa shape index (κ2) is 5.44. The summed E-state index contributed by atoms with van der Waals surface area (Å²) < 4.78 is 18.5. The fourth-order valence-electron chi connectivity index (χ4n) is 1.69. The van der Waals surface area contributed by atoms with E-state index in [9.17, 15) is 14.0 Å². The summed E-state index contributed by atoms with van der Waals surface area (Å²) in [7, 11) is 0. The molecule has 0 atom stereocenters. The van der Waals surface area contributed by atoms with Gasteiger partial charge in [-0.3, -0.25) is 9.59 Å². The van der Waals surface area contributed by atoms with Crippen LogP contribution < -0.4 is 4.74 Å². The number of carbonyl (C=O) groups excluding carboxylic acids is 2. The number of esters is 1. The van der Waals surface area contributed by atoms with Gasteiger partial charge in [-0.25, -0.2) is 4.39 Å². The first-order valence-corrected chi connectivity index (χ1v) is 5.66. The largest absolute Gasteiger partial charge is 0.426 e. The van der Waals surface area contributed by atoms with Gasteiger partial charge in [-0.2, -0.15) is 0 Å². The first kappa shape index (κ1) is 13.0. The predicted octanol–water partition coefficient (Wildman–Crippen LogP) is 2.98. The van der Waals surface area contributed by atoms with Crippen molar-refractivity contribution in [3.8, 4) is 5.75 Å². The molecule has 2 rings (SSSR count). The summed E-state index contributed by atoms with van der Waals surface area (Å²) in [6.45, 7) is 1.24. The second-order valence-corrected chi connectivity index (χ2v) is 3.90. The average Bonchev–Trinajstić information content (AvgIpc) is 2.38. The molecule has 0 saturated heterocycles. The Morgan fingerprint density at radius 2 is 1.53 bits per heavy atom. The van der Waals surface area contributed by atoms with Crippen LogP contribution in [0.2, 0.25) is 0 Å². The molecule has 96 valence electrons. The van der Waals surface area contributed by atoms with Crippen LogP contribution in [0.1, 0.15) is 22.8 Å². The number of ketones is 1. The van der Waals surface area contributed by atoms with Gasteiger partial charge in [0.25, 0.3) is 0 Å². The van der Waals surface area contributed by atoms with Gasteiger partial charge < -0.3 is 4.74 Å². The van der Waals surface area contributed by atoms with E-state index in [0.717, 1.165) is 0 Å².